The molecule has 0 spiro atoms. The molecule has 0 aromatic heterocycles. The van der Waals surface area contributed by atoms with E-state index in [4.69, 9.17) is 28.4 Å². The number of ether oxygens (including phenoxy) is 6. The number of rotatable bonds is 10. The van der Waals surface area contributed by atoms with Gasteiger partial charge in [0.2, 0.25) is 0 Å². The average Bonchev–Trinajstić information content (AvgIpc) is 3.30. The molecule has 2 heterocycles. The van der Waals surface area contributed by atoms with E-state index in [1.54, 1.807) is 52.7 Å². The van der Waals surface area contributed by atoms with Gasteiger partial charge in [0.1, 0.15) is 24.8 Å². The van der Waals surface area contributed by atoms with Crippen LogP contribution in [0.5, 0.6) is 23.0 Å². The zero-order valence-electron chi connectivity index (χ0n) is 38.9. The Hall–Kier alpha value is -5.84. The van der Waals surface area contributed by atoms with Crippen molar-refractivity contribution >= 4 is 11.6 Å². The van der Waals surface area contributed by atoms with Crippen molar-refractivity contribution in [2.24, 2.45) is 11.8 Å². The first kappa shape index (κ1) is 50.6. The van der Waals surface area contributed by atoms with E-state index in [-0.39, 0.29) is 62.3 Å². The number of fused-ring (bicyclic) bond motifs is 2. The quantitative estimate of drug-likeness (QED) is 0.194. The van der Waals surface area contributed by atoms with Crippen molar-refractivity contribution in [2.75, 3.05) is 55.6 Å². The van der Waals surface area contributed by atoms with E-state index in [9.17, 15) is 18.4 Å². The van der Waals surface area contributed by atoms with Crippen molar-refractivity contribution in [2.45, 2.75) is 74.7 Å². The first-order chi connectivity index (χ1) is 30.9. The highest BCUT2D eigenvalue weighted by atomic mass is 19.1. The number of carbonyl (C=O) groups is 2. The molecule has 6 atom stereocenters. The highest BCUT2D eigenvalue weighted by molar-refractivity contribution is 5.97. The number of Topliss-reactive ketones (excluding diaryl/α,β-unsaturated/α-hetero) is 2. The van der Waals surface area contributed by atoms with Crippen LogP contribution in [0.3, 0.4) is 0 Å². The monoisotopic (exact) mass is 928 g/mol. The van der Waals surface area contributed by atoms with Gasteiger partial charge in [0, 0.05) is 58.7 Å². The molecule has 4 bridgehead atoms. The standard InChI is InChI=1S/2C26H28FNO4.3H2O/c2*1-28-11-10-26-14-21(29)23(31-3)13-19(26)20(28)12-17-6-9-22(30-2)25(24(17)26)32-15-16-4-7-18(27)8-5-16;;;/h2*4-9,13,19-20H,10-12,14-15H2,1-3H3;3*1H2/t2*19-,20+,26-;;;/m11.../s1. The molecule has 10 rings (SSSR count). The zero-order valence-corrected chi connectivity index (χ0v) is 38.9. The maximum Gasteiger partial charge on any atom is 0.197 e. The molecule has 67 heavy (non-hydrogen) atoms. The van der Waals surface area contributed by atoms with Crippen molar-refractivity contribution in [1.82, 2.24) is 9.80 Å². The van der Waals surface area contributed by atoms with Crippen LogP contribution in [-0.4, -0.2) is 106 Å². The van der Waals surface area contributed by atoms with Gasteiger partial charge < -0.3 is 54.6 Å². The number of likely N-dealkylation sites (N-methyl/N-ethyl adjacent to an activating group) is 2. The summed E-state index contributed by atoms with van der Waals surface area (Å²) in [7, 11) is 10.7. The largest absolute Gasteiger partial charge is 0.493 e. The predicted molar refractivity (Wildman–Crippen MR) is 248 cm³/mol. The van der Waals surface area contributed by atoms with Gasteiger partial charge in [-0.1, -0.05) is 36.4 Å². The molecular weight excluding hydrogens is 867 g/mol. The Bertz CT molecular complexity index is 2340. The lowest BCUT2D eigenvalue weighted by Crippen LogP contribution is -2.60. The smallest absolute Gasteiger partial charge is 0.197 e. The van der Waals surface area contributed by atoms with Gasteiger partial charge in [-0.15, -0.1) is 0 Å². The topological polar surface area (TPSA) is 190 Å². The molecule has 2 aliphatic heterocycles. The van der Waals surface area contributed by atoms with Crippen LogP contribution in [0.25, 0.3) is 0 Å². The summed E-state index contributed by atoms with van der Waals surface area (Å²) in [5.41, 5.74) is 5.63. The second-order valence-corrected chi connectivity index (χ2v) is 18.1. The highest BCUT2D eigenvalue weighted by Gasteiger charge is 2.58. The summed E-state index contributed by atoms with van der Waals surface area (Å²) in [5.74, 6) is 3.47. The second kappa shape index (κ2) is 20.2. The van der Waals surface area contributed by atoms with E-state index in [0.717, 1.165) is 61.0 Å². The van der Waals surface area contributed by atoms with Crippen LogP contribution < -0.4 is 18.9 Å². The SMILES string of the molecule is COC1=C[C@@H]2[C@@H]3Cc4ccc(OC)c(OCc5ccc(F)cc5)c4[C@]2(CCN3C)CC1=O.COC1=C[C@@H]2[C@@H]3Cc4ccc(OC)c(OCc5ccc(F)cc5)c4[C@]2(CCN3C)CC1=O.O.O.O. The molecule has 4 aromatic rings. The Morgan fingerprint density at radius 3 is 1.27 bits per heavy atom. The van der Waals surface area contributed by atoms with Gasteiger partial charge in [-0.25, -0.2) is 8.78 Å². The predicted octanol–water partition coefficient (Wildman–Crippen LogP) is 5.59. The van der Waals surface area contributed by atoms with Gasteiger partial charge in [-0.2, -0.15) is 0 Å². The van der Waals surface area contributed by atoms with Crippen LogP contribution in [0.2, 0.25) is 0 Å². The Labute approximate surface area is 390 Å². The number of piperidine rings is 2. The van der Waals surface area contributed by atoms with Crippen LogP contribution >= 0.6 is 0 Å². The first-order valence-electron chi connectivity index (χ1n) is 22.1. The maximum absolute atomic E-state index is 13.3. The summed E-state index contributed by atoms with van der Waals surface area (Å²) in [6.07, 6.45) is 8.34. The van der Waals surface area contributed by atoms with Crippen LogP contribution in [0.4, 0.5) is 8.78 Å². The molecule has 2 saturated heterocycles. The number of carbonyl (C=O) groups excluding carboxylic acids is 2. The van der Waals surface area contributed by atoms with E-state index >= 15 is 0 Å². The second-order valence-electron chi connectivity index (χ2n) is 18.1. The van der Waals surface area contributed by atoms with Gasteiger partial charge in [-0.3, -0.25) is 9.59 Å². The molecule has 4 aromatic carbocycles. The molecular formula is C52H62F2N2O11. The molecule has 0 radical (unpaired) electrons. The lowest BCUT2D eigenvalue weighted by molar-refractivity contribution is -0.123. The molecule has 6 aliphatic rings. The third-order valence-corrected chi connectivity index (χ3v) is 15.0. The lowest BCUT2D eigenvalue weighted by Gasteiger charge is -2.56. The summed E-state index contributed by atoms with van der Waals surface area (Å²) < 4.78 is 61.7. The number of benzene rings is 4. The fourth-order valence-corrected chi connectivity index (χ4v) is 11.8. The Morgan fingerprint density at radius 1 is 0.552 bits per heavy atom. The molecule has 2 fully saturated rings. The van der Waals surface area contributed by atoms with Crippen molar-refractivity contribution in [3.8, 4) is 23.0 Å². The number of hydrogen-bond acceptors (Lipinski definition) is 10. The number of halogens is 2. The molecule has 13 nitrogen and oxygen atoms in total. The molecule has 4 aliphatic carbocycles. The third-order valence-electron chi connectivity index (χ3n) is 15.0. The summed E-state index contributed by atoms with van der Waals surface area (Å²) in [4.78, 5) is 30.9. The van der Waals surface area contributed by atoms with E-state index < -0.39 is 0 Å². The highest BCUT2D eigenvalue weighted by Crippen LogP contribution is 2.60. The summed E-state index contributed by atoms with van der Waals surface area (Å²) in [6.45, 7) is 2.42. The van der Waals surface area contributed by atoms with Crippen molar-refractivity contribution < 1.29 is 63.2 Å². The molecule has 0 saturated carbocycles. The number of likely N-dealkylation sites (tertiary alicyclic amines) is 2. The van der Waals surface area contributed by atoms with Gasteiger partial charge in [0.25, 0.3) is 0 Å². The molecule has 0 amide bonds. The van der Waals surface area contributed by atoms with Gasteiger partial charge in [0.15, 0.2) is 46.1 Å². The first-order valence-corrected chi connectivity index (χ1v) is 22.1. The minimum absolute atomic E-state index is 0. The van der Waals surface area contributed by atoms with E-state index in [0.29, 0.717) is 72.7 Å². The fraction of sp³-hybridized carbons (Fsp3) is 0.423. The maximum atomic E-state index is 13.3. The third kappa shape index (κ3) is 8.79. The summed E-state index contributed by atoms with van der Waals surface area (Å²) in [5, 5.41) is 0. The number of allylic oxidation sites excluding steroid dienone is 2. The van der Waals surface area contributed by atoms with Crippen LogP contribution in [-0.2, 0) is 55.9 Å². The summed E-state index contributed by atoms with van der Waals surface area (Å²) >= 11 is 0. The van der Waals surface area contributed by atoms with E-state index in [2.05, 4.69) is 36.0 Å². The molecule has 0 unspecified atom stereocenters. The number of ketones is 2. The van der Waals surface area contributed by atoms with Crippen molar-refractivity contribution in [3.63, 3.8) is 0 Å². The molecule has 6 N–H and O–H groups in total. The van der Waals surface area contributed by atoms with Crippen LogP contribution in [0, 0.1) is 23.5 Å². The number of hydrogen-bond donors (Lipinski definition) is 0. The normalized spacial score (nSPS) is 25.4. The molecule has 360 valence electrons. The number of nitrogens with zero attached hydrogens (tertiary/aromatic N) is 2. The minimum Gasteiger partial charge on any atom is -0.493 e. The Balaban J connectivity index is 0.000000212. The van der Waals surface area contributed by atoms with Gasteiger partial charge >= 0.3 is 0 Å². The van der Waals surface area contributed by atoms with Crippen LogP contribution in [0.15, 0.2) is 96.5 Å². The van der Waals surface area contributed by atoms with Gasteiger partial charge in [-0.05, 0) is 124 Å². The lowest BCUT2D eigenvalue weighted by atomic mass is 9.53. The Morgan fingerprint density at radius 2 is 0.925 bits per heavy atom. The van der Waals surface area contributed by atoms with Gasteiger partial charge in [0.05, 0.1) is 28.4 Å². The number of methoxy groups -OCH3 is 4. The Kier molecular flexibility index (Phi) is 15.2. The van der Waals surface area contributed by atoms with E-state index in [1.165, 1.54) is 35.4 Å². The minimum atomic E-state index is -0.351. The fourth-order valence-electron chi connectivity index (χ4n) is 11.8. The van der Waals surface area contributed by atoms with Crippen molar-refractivity contribution in [3.05, 3.63) is 141 Å². The zero-order chi connectivity index (χ0) is 44.9. The average molecular weight is 929 g/mol. The van der Waals surface area contributed by atoms with Crippen LogP contribution in [0.1, 0.15) is 59.1 Å². The molecule has 15 heteroatoms. The van der Waals surface area contributed by atoms with E-state index in [1.807, 2.05) is 24.3 Å². The summed E-state index contributed by atoms with van der Waals surface area (Å²) in [6, 6.07) is 21.4. The van der Waals surface area contributed by atoms with Crippen molar-refractivity contribution in [1.29, 1.82) is 0 Å².